The molecular formula is C13H13BrClNO3. The molecule has 0 saturated heterocycles. The number of benzene rings is 1. The molecule has 0 radical (unpaired) electrons. The number of nitrogens with one attached hydrogen (secondary N) is 1. The van der Waals surface area contributed by atoms with Crippen LogP contribution in [0.2, 0.25) is 5.02 Å². The molecule has 2 rings (SSSR count). The molecule has 0 spiro atoms. The van der Waals surface area contributed by atoms with Crippen LogP contribution in [0.1, 0.15) is 13.8 Å². The average molecular weight is 347 g/mol. The Bertz CT molecular complexity index is 559. The molecule has 1 amide bonds. The molecular weight excluding hydrogens is 334 g/mol. The van der Waals surface area contributed by atoms with Crippen molar-refractivity contribution in [3.63, 3.8) is 0 Å². The van der Waals surface area contributed by atoms with E-state index in [2.05, 4.69) is 21.2 Å². The van der Waals surface area contributed by atoms with E-state index in [1.807, 2.05) is 0 Å². The van der Waals surface area contributed by atoms with Crippen molar-refractivity contribution >= 4 is 45.1 Å². The molecule has 2 atom stereocenters. The van der Waals surface area contributed by atoms with Crippen LogP contribution >= 0.6 is 27.5 Å². The Morgan fingerprint density at radius 2 is 2.00 bits per heavy atom. The maximum absolute atomic E-state index is 12.1. The van der Waals surface area contributed by atoms with E-state index < -0.39 is 23.2 Å². The maximum atomic E-state index is 12.1. The van der Waals surface area contributed by atoms with Gasteiger partial charge in [0, 0.05) is 9.50 Å². The highest BCUT2D eigenvalue weighted by atomic mass is 79.9. The Kier molecular flexibility index (Phi) is 3.62. The fraction of sp³-hybridized carbons (Fsp3) is 0.385. The molecule has 2 unspecified atom stereocenters. The summed E-state index contributed by atoms with van der Waals surface area (Å²) in [4.78, 5) is 23.2. The minimum atomic E-state index is -0.930. The van der Waals surface area contributed by atoms with Gasteiger partial charge in [-0.15, -0.1) is 0 Å². The molecule has 0 aliphatic heterocycles. The first-order valence-electron chi connectivity index (χ1n) is 5.74. The Morgan fingerprint density at radius 1 is 1.37 bits per heavy atom. The number of hydrogen-bond acceptors (Lipinski definition) is 2. The second-order valence-corrected chi connectivity index (χ2v) is 6.52. The molecule has 0 bridgehead atoms. The van der Waals surface area contributed by atoms with Crippen LogP contribution in [-0.2, 0) is 9.59 Å². The largest absolute Gasteiger partial charge is 0.481 e. The molecule has 1 aliphatic carbocycles. The van der Waals surface area contributed by atoms with Crippen molar-refractivity contribution in [1.82, 2.24) is 0 Å². The summed E-state index contributed by atoms with van der Waals surface area (Å²) in [6, 6.07) is 5.01. The summed E-state index contributed by atoms with van der Waals surface area (Å²) in [6.45, 7) is 3.57. The van der Waals surface area contributed by atoms with E-state index in [1.54, 1.807) is 32.0 Å². The van der Waals surface area contributed by atoms with E-state index in [4.69, 9.17) is 16.7 Å². The molecule has 19 heavy (non-hydrogen) atoms. The van der Waals surface area contributed by atoms with E-state index in [1.165, 1.54) is 0 Å². The third-order valence-corrected chi connectivity index (χ3v) is 4.46. The minimum absolute atomic E-state index is 0.277. The number of carboxylic acid groups (broad SMARTS) is 1. The lowest BCUT2D eigenvalue weighted by atomic mass is 10.1. The monoisotopic (exact) mass is 345 g/mol. The standard InChI is InChI=1S/C13H13BrClNO3/c1-13(2)9(10(13)12(18)19)11(17)16-8-4-3-6(15)5-7(8)14/h3-5,9-10H,1-2H3,(H,16,17)(H,18,19). The van der Waals surface area contributed by atoms with Gasteiger partial charge in [0.05, 0.1) is 17.5 Å². The van der Waals surface area contributed by atoms with Gasteiger partial charge >= 0.3 is 5.97 Å². The molecule has 102 valence electrons. The van der Waals surface area contributed by atoms with Crippen LogP contribution < -0.4 is 5.32 Å². The Labute approximate surface area is 124 Å². The van der Waals surface area contributed by atoms with Gasteiger partial charge in [0.2, 0.25) is 5.91 Å². The highest BCUT2D eigenvalue weighted by Crippen LogP contribution is 2.58. The van der Waals surface area contributed by atoms with Gasteiger partial charge in [-0.1, -0.05) is 25.4 Å². The zero-order valence-electron chi connectivity index (χ0n) is 10.4. The van der Waals surface area contributed by atoms with Crippen LogP contribution in [0.4, 0.5) is 5.69 Å². The Morgan fingerprint density at radius 3 is 2.47 bits per heavy atom. The van der Waals surface area contributed by atoms with Crippen LogP contribution in [0.25, 0.3) is 0 Å². The first-order valence-corrected chi connectivity index (χ1v) is 6.91. The lowest BCUT2D eigenvalue weighted by Crippen LogP contribution is -2.18. The fourth-order valence-corrected chi connectivity index (χ4v) is 3.17. The van der Waals surface area contributed by atoms with Crippen molar-refractivity contribution in [1.29, 1.82) is 0 Å². The van der Waals surface area contributed by atoms with Crippen LogP contribution in [0.5, 0.6) is 0 Å². The topological polar surface area (TPSA) is 66.4 Å². The van der Waals surface area contributed by atoms with Crippen molar-refractivity contribution in [3.05, 3.63) is 27.7 Å². The summed E-state index contributed by atoms with van der Waals surface area (Å²) < 4.78 is 0.665. The van der Waals surface area contributed by atoms with Gasteiger partial charge in [-0.2, -0.15) is 0 Å². The lowest BCUT2D eigenvalue weighted by Gasteiger charge is -2.08. The SMILES string of the molecule is CC1(C)C(C(=O)O)C1C(=O)Nc1ccc(Cl)cc1Br. The van der Waals surface area contributed by atoms with E-state index in [-0.39, 0.29) is 5.91 Å². The second kappa shape index (κ2) is 4.80. The fourth-order valence-electron chi connectivity index (χ4n) is 2.39. The number of rotatable bonds is 3. The molecule has 1 saturated carbocycles. The molecule has 0 aromatic heterocycles. The zero-order valence-corrected chi connectivity index (χ0v) is 12.7. The summed E-state index contributed by atoms with van der Waals surface area (Å²) in [5.74, 6) is -2.34. The van der Waals surface area contributed by atoms with Crippen molar-refractivity contribution < 1.29 is 14.7 Å². The Hall–Kier alpha value is -1.07. The summed E-state index contributed by atoms with van der Waals surface area (Å²) in [5, 5.41) is 12.3. The van der Waals surface area contributed by atoms with Crippen LogP contribution in [0.15, 0.2) is 22.7 Å². The molecule has 1 aliphatic rings. The van der Waals surface area contributed by atoms with Gasteiger partial charge in [0.25, 0.3) is 0 Å². The lowest BCUT2D eigenvalue weighted by molar-refractivity contribution is -0.140. The van der Waals surface area contributed by atoms with Crippen LogP contribution in [0.3, 0.4) is 0 Å². The van der Waals surface area contributed by atoms with Gasteiger partial charge in [0.15, 0.2) is 0 Å². The van der Waals surface area contributed by atoms with Crippen LogP contribution in [0, 0.1) is 17.3 Å². The van der Waals surface area contributed by atoms with Gasteiger partial charge in [-0.05, 0) is 39.5 Å². The number of aliphatic carboxylic acids is 1. The third-order valence-electron chi connectivity index (χ3n) is 3.56. The van der Waals surface area contributed by atoms with Crippen LogP contribution in [-0.4, -0.2) is 17.0 Å². The maximum Gasteiger partial charge on any atom is 0.307 e. The number of carbonyl (C=O) groups excluding carboxylic acids is 1. The van der Waals surface area contributed by atoms with Crippen molar-refractivity contribution in [2.45, 2.75) is 13.8 Å². The van der Waals surface area contributed by atoms with Crippen molar-refractivity contribution in [2.75, 3.05) is 5.32 Å². The second-order valence-electron chi connectivity index (χ2n) is 5.23. The number of carbonyl (C=O) groups is 2. The zero-order chi connectivity index (χ0) is 14.4. The van der Waals surface area contributed by atoms with E-state index in [0.717, 1.165) is 0 Å². The van der Waals surface area contributed by atoms with Gasteiger partial charge in [-0.25, -0.2) is 0 Å². The first kappa shape index (κ1) is 14.3. The predicted molar refractivity (Wildman–Crippen MR) is 76.2 cm³/mol. The number of hydrogen-bond donors (Lipinski definition) is 2. The molecule has 4 nitrogen and oxygen atoms in total. The highest BCUT2D eigenvalue weighted by molar-refractivity contribution is 9.10. The van der Waals surface area contributed by atoms with Crippen molar-refractivity contribution in [3.8, 4) is 0 Å². The Balaban J connectivity index is 2.13. The molecule has 1 fully saturated rings. The van der Waals surface area contributed by atoms with Gasteiger partial charge < -0.3 is 10.4 Å². The van der Waals surface area contributed by atoms with E-state index in [9.17, 15) is 9.59 Å². The number of halogens is 2. The summed E-state index contributed by atoms with van der Waals surface area (Å²) >= 11 is 9.12. The van der Waals surface area contributed by atoms with Crippen molar-refractivity contribution in [2.24, 2.45) is 17.3 Å². The quantitative estimate of drug-likeness (QED) is 0.881. The summed E-state index contributed by atoms with van der Waals surface area (Å²) in [5.41, 5.74) is 0.0793. The first-order chi connectivity index (χ1) is 8.75. The summed E-state index contributed by atoms with van der Waals surface area (Å²) in [7, 11) is 0. The van der Waals surface area contributed by atoms with E-state index >= 15 is 0 Å². The van der Waals surface area contributed by atoms with Gasteiger partial charge in [-0.3, -0.25) is 9.59 Å². The van der Waals surface area contributed by atoms with Gasteiger partial charge in [0.1, 0.15) is 0 Å². The summed E-state index contributed by atoms with van der Waals surface area (Å²) in [6.07, 6.45) is 0. The minimum Gasteiger partial charge on any atom is -0.481 e. The molecule has 6 heteroatoms. The number of anilines is 1. The molecule has 2 N–H and O–H groups in total. The molecule has 0 heterocycles. The third kappa shape index (κ3) is 2.62. The molecule has 1 aromatic rings. The molecule has 1 aromatic carbocycles. The average Bonchev–Trinajstić information content (AvgIpc) is 2.86. The normalized spacial score (nSPS) is 23.8. The predicted octanol–water partition coefficient (Wildman–Crippen LogP) is 3.40. The number of carboxylic acids is 1. The smallest absolute Gasteiger partial charge is 0.307 e. The number of amides is 1. The van der Waals surface area contributed by atoms with E-state index in [0.29, 0.717) is 15.2 Å². The highest BCUT2D eigenvalue weighted by Gasteiger charge is 2.65.